The average molecular weight is 228 g/mol. The van der Waals surface area contributed by atoms with Crippen molar-refractivity contribution in [2.45, 2.75) is 72.4 Å². The summed E-state index contributed by atoms with van der Waals surface area (Å²) < 4.78 is 0. The quantitative estimate of drug-likeness (QED) is 0.703. The van der Waals surface area contributed by atoms with E-state index >= 15 is 0 Å². The second-order valence-corrected chi connectivity index (χ2v) is 5.53. The van der Waals surface area contributed by atoms with Crippen molar-refractivity contribution in [1.82, 2.24) is 0 Å². The van der Waals surface area contributed by atoms with Crippen LogP contribution in [0.1, 0.15) is 60.8 Å². The molecule has 0 saturated carbocycles. The van der Waals surface area contributed by atoms with Crippen LogP contribution in [-0.4, -0.2) is 11.6 Å². The van der Waals surface area contributed by atoms with Gasteiger partial charge in [0.25, 0.3) is 0 Å². The number of hydrogen-bond donors (Lipinski definition) is 2. The highest BCUT2D eigenvalue weighted by Crippen LogP contribution is 2.34. The summed E-state index contributed by atoms with van der Waals surface area (Å²) in [4.78, 5) is 0. The van der Waals surface area contributed by atoms with Crippen molar-refractivity contribution >= 4 is 0 Å². The van der Waals surface area contributed by atoms with Crippen LogP contribution in [0.5, 0.6) is 0 Å². The lowest BCUT2D eigenvalue weighted by Gasteiger charge is -2.47. The van der Waals surface area contributed by atoms with Gasteiger partial charge in [-0.2, -0.15) is 0 Å². The molecule has 0 rings (SSSR count). The van der Waals surface area contributed by atoms with Crippen molar-refractivity contribution in [1.29, 1.82) is 0 Å². The van der Waals surface area contributed by atoms with E-state index < -0.39 is 0 Å². The van der Waals surface area contributed by atoms with Gasteiger partial charge in [0.2, 0.25) is 0 Å². The number of hydrogen-bond acceptors (Lipinski definition) is 2. The Labute approximate surface area is 102 Å². The molecule has 0 aliphatic carbocycles. The molecule has 2 heteroatoms. The molecule has 2 nitrogen and oxygen atoms in total. The molecule has 0 aromatic heterocycles. The Hall–Kier alpha value is -0.0800. The Kier molecular flexibility index (Phi) is 6.57. The smallest absolute Gasteiger partial charge is 0.0362 e. The van der Waals surface area contributed by atoms with Crippen LogP contribution in [0.15, 0.2) is 0 Å². The lowest BCUT2D eigenvalue weighted by Crippen LogP contribution is -2.65. The van der Waals surface area contributed by atoms with Crippen LogP contribution in [0.3, 0.4) is 0 Å². The van der Waals surface area contributed by atoms with E-state index in [0.717, 1.165) is 19.3 Å². The third kappa shape index (κ3) is 2.98. The fourth-order valence-corrected chi connectivity index (χ4v) is 2.60. The third-order valence-corrected chi connectivity index (χ3v) is 4.77. The average Bonchev–Trinajstić information content (AvgIpc) is 2.33. The van der Waals surface area contributed by atoms with Gasteiger partial charge in [0.1, 0.15) is 0 Å². The van der Waals surface area contributed by atoms with Crippen LogP contribution in [0, 0.1) is 17.8 Å². The predicted octanol–water partition coefficient (Wildman–Crippen LogP) is 3.15. The Morgan fingerprint density at radius 2 is 1.25 bits per heavy atom. The van der Waals surface area contributed by atoms with Gasteiger partial charge in [0.05, 0.1) is 0 Å². The van der Waals surface area contributed by atoms with Crippen LogP contribution >= 0.6 is 0 Å². The maximum Gasteiger partial charge on any atom is 0.0362 e. The summed E-state index contributed by atoms with van der Waals surface area (Å²) in [6.07, 6.45) is 3.31. The summed E-state index contributed by atoms with van der Waals surface area (Å²) in [6.45, 7) is 13.3. The molecule has 0 saturated heterocycles. The van der Waals surface area contributed by atoms with Gasteiger partial charge in [0, 0.05) is 11.6 Å². The van der Waals surface area contributed by atoms with Gasteiger partial charge in [-0.3, -0.25) is 0 Å². The van der Waals surface area contributed by atoms with E-state index in [4.69, 9.17) is 11.5 Å². The normalized spacial score (nSPS) is 23.2. The zero-order chi connectivity index (χ0) is 12.9. The minimum Gasteiger partial charge on any atom is -0.326 e. The monoisotopic (exact) mass is 228 g/mol. The first-order valence-electron chi connectivity index (χ1n) is 6.90. The van der Waals surface area contributed by atoms with Gasteiger partial charge in [-0.15, -0.1) is 0 Å². The third-order valence-electron chi connectivity index (χ3n) is 4.77. The molecule has 0 aromatic carbocycles. The van der Waals surface area contributed by atoms with Crippen molar-refractivity contribution < 1.29 is 0 Å². The molecule has 0 heterocycles. The predicted molar refractivity (Wildman–Crippen MR) is 73.3 cm³/mol. The fraction of sp³-hybridized carbons (Fsp3) is 1.00. The Morgan fingerprint density at radius 3 is 1.50 bits per heavy atom. The van der Waals surface area contributed by atoms with Crippen LogP contribution in [-0.2, 0) is 0 Å². The molecule has 4 unspecified atom stereocenters. The molecule has 98 valence electrons. The van der Waals surface area contributed by atoms with Crippen LogP contribution in [0.25, 0.3) is 0 Å². The number of rotatable bonds is 7. The van der Waals surface area contributed by atoms with E-state index in [1.165, 1.54) is 0 Å². The van der Waals surface area contributed by atoms with Crippen molar-refractivity contribution in [2.24, 2.45) is 29.2 Å². The van der Waals surface area contributed by atoms with Crippen molar-refractivity contribution in [3.63, 3.8) is 0 Å². The highest BCUT2D eigenvalue weighted by Gasteiger charge is 2.42. The summed E-state index contributed by atoms with van der Waals surface area (Å²) in [5.74, 6) is 1.45. The lowest BCUT2D eigenvalue weighted by atomic mass is 9.66. The zero-order valence-corrected chi connectivity index (χ0v) is 12.1. The summed E-state index contributed by atoms with van der Waals surface area (Å²) in [6, 6.07) is 0.0994. The molecule has 0 fully saturated rings. The molecule has 0 spiro atoms. The first-order valence-corrected chi connectivity index (χ1v) is 6.90. The molecule has 0 amide bonds. The minimum atomic E-state index is -0.223. The molecular weight excluding hydrogens is 196 g/mol. The van der Waals surface area contributed by atoms with E-state index in [-0.39, 0.29) is 11.6 Å². The highest BCUT2D eigenvalue weighted by atomic mass is 14.9. The molecule has 0 radical (unpaired) electrons. The van der Waals surface area contributed by atoms with Crippen molar-refractivity contribution in [3.8, 4) is 0 Å². The molecule has 0 aliphatic heterocycles. The Balaban J connectivity index is 5.06. The molecule has 16 heavy (non-hydrogen) atoms. The second-order valence-electron chi connectivity index (χ2n) is 5.53. The molecule has 0 bridgehead atoms. The Bertz CT molecular complexity index is 181. The zero-order valence-electron chi connectivity index (χ0n) is 12.1. The van der Waals surface area contributed by atoms with Crippen LogP contribution in [0.4, 0.5) is 0 Å². The van der Waals surface area contributed by atoms with E-state index in [9.17, 15) is 0 Å². The molecular formula is C14H32N2. The summed E-state index contributed by atoms with van der Waals surface area (Å²) in [5, 5.41) is 0. The molecule has 0 aromatic rings. The van der Waals surface area contributed by atoms with Gasteiger partial charge in [-0.25, -0.2) is 0 Å². The van der Waals surface area contributed by atoms with Gasteiger partial charge >= 0.3 is 0 Å². The van der Waals surface area contributed by atoms with Crippen LogP contribution < -0.4 is 11.5 Å². The van der Waals surface area contributed by atoms with E-state index in [1.54, 1.807) is 0 Å². The topological polar surface area (TPSA) is 52.0 Å². The standard InChI is InChI=1S/C14H32N2/c1-7-10(4)13(15)14(16,11(5)8-2)12(6)9-3/h10-13H,7-9,15-16H2,1-6H3. The molecule has 0 aliphatic rings. The SMILES string of the molecule is CCC(C)C(N)C(N)(C(C)CC)C(C)CC. The maximum absolute atomic E-state index is 6.70. The number of nitrogens with two attached hydrogens (primary N) is 2. The van der Waals surface area contributed by atoms with Gasteiger partial charge in [-0.05, 0) is 17.8 Å². The van der Waals surface area contributed by atoms with Gasteiger partial charge in [0.15, 0.2) is 0 Å². The first kappa shape index (κ1) is 15.9. The van der Waals surface area contributed by atoms with E-state index in [0.29, 0.717) is 17.8 Å². The molecule has 4 atom stereocenters. The first-order chi connectivity index (χ1) is 7.35. The lowest BCUT2D eigenvalue weighted by molar-refractivity contribution is 0.120. The summed E-state index contributed by atoms with van der Waals surface area (Å²) in [7, 11) is 0. The highest BCUT2D eigenvalue weighted by molar-refractivity contribution is 5.02. The minimum absolute atomic E-state index is 0.0994. The summed E-state index contributed by atoms with van der Waals surface area (Å²) >= 11 is 0. The van der Waals surface area contributed by atoms with Gasteiger partial charge in [-0.1, -0.05) is 60.8 Å². The maximum atomic E-state index is 6.70. The van der Waals surface area contributed by atoms with E-state index in [2.05, 4.69) is 41.5 Å². The largest absolute Gasteiger partial charge is 0.326 e. The van der Waals surface area contributed by atoms with Gasteiger partial charge < -0.3 is 11.5 Å². The van der Waals surface area contributed by atoms with Crippen molar-refractivity contribution in [2.75, 3.05) is 0 Å². The fourth-order valence-electron chi connectivity index (χ4n) is 2.60. The molecule has 4 N–H and O–H groups in total. The second kappa shape index (κ2) is 6.61. The van der Waals surface area contributed by atoms with E-state index in [1.807, 2.05) is 0 Å². The Morgan fingerprint density at radius 1 is 0.875 bits per heavy atom. The van der Waals surface area contributed by atoms with Crippen LogP contribution in [0.2, 0.25) is 0 Å². The summed E-state index contributed by atoms with van der Waals surface area (Å²) in [5.41, 5.74) is 12.9. The van der Waals surface area contributed by atoms with Crippen molar-refractivity contribution in [3.05, 3.63) is 0 Å².